The number of carbonyl (C=O) groups excluding carboxylic acids is 1. The molecule has 8 heteroatoms. The first-order valence-electron chi connectivity index (χ1n) is 8.08. The number of hydrogen-bond donors (Lipinski definition) is 2. The van der Waals surface area contributed by atoms with Crippen molar-refractivity contribution in [3.63, 3.8) is 0 Å². The molecule has 1 amide bonds. The summed E-state index contributed by atoms with van der Waals surface area (Å²) < 4.78 is 10.7. The van der Waals surface area contributed by atoms with Crippen LogP contribution in [-0.2, 0) is 0 Å². The largest absolute Gasteiger partial charge is 0.497 e. The van der Waals surface area contributed by atoms with Crippen LogP contribution in [0, 0.1) is 0 Å². The zero-order chi connectivity index (χ0) is 20.1. The topological polar surface area (TPSA) is 101 Å². The van der Waals surface area contributed by atoms with E-state index in [1.54, 1.807) is 49.6 Å². The molecule has 142 valence electrons. The summed E-state index contributed by atoms with van der Waals surface area (Å²) in [5, 5.41) is 13.0. The molecule has 0 unspecified atom stereocenters. The molecule has 2 aromatic carbocycles. The van der Waals surface area contributed by atoms with Crippen molar-refractivity contribution in [2.75, 3.05) is 7.11 Å². The number of nitrogens with zero attached hydrogens (tertiary/aromatic N) is 1. The first-order chi connectivity index (χ1) is 13.5. The molecule has 28 heavy (non-hydrogen) atoms. The summed E-state index contributed by atoms with van der Waals surface area (Å²) in [5.74, 6) is 0.0723. The number of furan rings is 1. The molecule has 3 rings (SSSR count). The Kier molecular flexibility index (Phi) is 5.76. The van der Waals surface area contributed by atoms with Crippen LogP contribution in [0.1, 0.15) is 26.5 Å². The molecule has 0 bridgehead atoms. The molecule has 0 aliphatic rings. The van der Waals surface area contributed by atoms with E-state index in [-0.39, 0.29) is 16.5 Å². The second-order valence-corrected chi connectivity index (χ2v) is 6.04. The monoisotopic (exact) mass is 398 g/mol. The molecule has 7 nitrogen and oxygen atoms in total. The van der Waals surface area contributed by atoms with Crippen LogP contribution >= 0.6 is 11.6 Å². The van der Waals surface area contributed by atoms with Crippen LogP contribution < -0.4 is 10.2 Å². The van der Waals surface area contributed by atoms with Crippen LogP contribution in [0.4, 0.5) is 0 Å². The van der Waals surface area contributed by atoms with Crippen molar-refractivity contribution in [1.82, 2.24) is 5.43 Å². The van der Waals surface area contributed by atoms with Gasteiger partial charge in [-0.3, -0.25) is 4.79 Å². The molecule has 0 aliphatic carbocycles. The number of methoxy groups -OCH3 is 1. The lowest BCUT2D eigenvalue weighted by Crippen LogP contribution is -2.17. The number of hydrazone groups is 1. The van der Waals surface area contributed by atoms with E-state index < -0.39 is 5.97 Å². The second-order valence-electron chi connectivity index (χ2n) is 5.63. The number of halogens is 1. The van der Waals surface area contributed by atoms with Crippen LogP contribution in [0.15, 0.2) is 64.1 Å². The minimum Gasteiger partial charge on any atom is -0.497 e. The highest BCUT2D eigenvalue weighted by molar-refractivity contribution is 6.33. The maximum Gasteiger partial charge on any atom is 0.337 e. The Morgan fingerprint density at radius 1 is 1.14 bits per heavy atom. The molecule has 0 fully saturated rings. The van der Waals surface area contributed by atoms with Gasteiger partial charge in [-0.25, -0.2) is 10.2 Å². The first kappa shape index (κ1) is 19.2. The van der Waals surface area contributed by atoms with Gasteiger partial charge in [-0.1, -0.05) is 17.7 Å². The highest BCUT2D eigenvalue weighted by Crippen LogP contribution is 2.27. The first-order valence-corrected chi connectivity index (χ1v) is 8.46. The Bertz CT molecular complexity index is 1040. The van der Waals surface area contributed by atoms with E-state index in [9.17, 15) is 9.59 Å². The van der Waals surface area contributed by atoms with Crippen LogP contribution in [0.25, 0.3) is 11.3 Å². The highest BCUT2D eigenvalue weighted by Gasteiger charge is 2.11. The molecule has 0 saturated carbocycles. The zero-order valence-electron chi connectivity index (χ0n) is 14.7. The lowest BCUT2D eigenvalue weighted by atomic mass is 10.1. The molecule has 1 heterocycles. The zero-order valence-corrected chi connectivity index (χ0v) is 15.4. The van der Waals surface area contributed by atoms with Gasteiger partial charge in [0.25, 0.3) is 5.91 Å². The Labute approximate surface area is 165 Å². The SMILES string of the molecule is COc1ccc(C(=O)N/N=C/c2ccc(-c3ccc(C(=O)O)c(Cl)c3)o2)cc1. The summed E-state index contributed by atoms with van der Waals surface area (Å²) in [6.45, 7) is 0. The van der Waals surface area contributed by atoms with Gasteiger partial charge in [-0.2, -0.15) is 5.10 Å². The molecular weight excluding hydrogens is 384 g/mol. The van der Waals surface area contributed by atoms with Crippen molar-refractivity contribution in [2.45, 2.75) is 0 Å². The van der Waals surface area contributed by atoms with Crippen molar-refractivity contribution in [1.29, 1.82) is 0 Å². The summed E-state index contributed by atoms with van der Waals surface area (Å²) in [5.41, 5.74) is 3.48. The third-order valence-corrected chi connectivity index (χ3v) is 4.13. The number of rotatable bonds is 6. The van der Waals surface area contributed by atoms with Crippen molar-refractivity contribution in [2.24, 2.45) is 5.10 Å². The number of amides is 1. The summed E-state index contributed by atoms with van der Waals surface area (Å²) >= 11 is 5.97. The maximum absolute atomic E-state index is 12.0. The standard InChI is InChI=1S/C20H15ClN2O5/c1-27-14-5-2-12(3-6-14)19(24)23-22-11-15-7-9-18(28-15)13-4-8-16(20(25)26)17(21)10-13/h2-11H,1H3,(H,23,24)(H,25,26)/b22-11+. The van der Waals surface area contributed by atoms with E-state index in [0.717, 1.165) is 0 Å². The van der Waals surface area contributed by atoms with Gasteiger partial charge in [0.15, 0.2) is 0 Å². The average Bonchev–Trinajstić information content (AvgIpc) is 3.16. The van der Waals surface area contributed by atoms with Gasteiger partial charge >= 0.3 is 5.97 Å². The Balaban J connectivity index is 1.66. The number of benzene rings is 2. The molecular formula is C20H15ClN2O5. The van der Waals surface area contributed by atoms with Gasteiger partial charge in [-0.15, -0.1) is 0 Å². The maximum atomic E-state index is 12.0. The lowest BCUT2D eigenvalue weighted by molar-refractivity contribution is 0.0696. The molecule has 0 radical (unpaired) electrons. The molecule has 2 N–H and O–H groups in total. The van der Waals surface area contributed by atoms with Gasteiger partial charge in [0.2, 0.25) is 0 Å². The third-order valence-electron chi connectivity index (χ3n) is 3.82. The Morgan fingerprint density at radius 2 is 1.89 bits per heavy atom. The third kappa shape index (κ3) is 4.39. The van der Waals surface area contributed by atoms with E-state index in [1.165, 1.54) is 18.3 Å². The van der Waals surface area contributed by atoms with Crippen molar-refractivity contribution >= 4 is 29.7 Å². The van der Waals surface area contributed by atoms with E-state index in [4.69, 9.17) is 25.9 Å². The molecule has 0 aliphatic heterocycles. The van der Waals surface area contributed by atoms with Gasteiger partial charge < -0.3 is 14.3 Å². The molecule has 0 spiro atoms. The van der Waals surface area contributed by atoms with E-state index in [0.29, 0.717) is 28.4 Å². The van der Waals surface area contributed by atoms with E-state index in [1.807, 2.05) is 0 Å². The number of hydrogen-bond acceptors (Lipinski definition) is 5. The van der Waals surface area contributed by atoms with Crippen LogP contribution in [0.5, 0.6) is 5.75 Å². The minimum absolute atomic E-state index is 0.0139. The molecule has 3 aromatic rings. The quantitative estimate of drug-likeness (QED) is 0.481. The van der Waals surface area contributed by atoms with Crippen LogP contribution in [-0.4, -0.2) is 30.3 Å². The molecule has 1 aromatic heterocycles. The second kappa shape index (κ2) is 8.41. The van der Waals surface area contributed by atoms with Crippen molar-refractivity contribution in [3.05, 3.63) is 76.5 Å². The number of nitrogens with one attached hydrogen (secondary N) is 1. The fourth-order valence-electron chi connectivity index (χ4n) is 2.38. The fraction of sp³-hybridized carbons (Fsp3) is 0.0500. The lowest BCUT2D eigenvalue weighted by Gasteiger charge is -2.02. The van der Waals surface area contributed by atoms with Crippen molar-refractivity contribution in [3.8, 4) is 17.1 Å². The smallest absolute Gasteiger partial charge is 0.337 e. The summed E-state index contributed by atoms with van der Waals surface area (Å²) in [7, 11) is 1.55. The number of ether oxygens (including phenoxy) is 1. The van der Waals surface area contributed by atoms with Gasteiger partial charge in [0, 0.05) is 11.1 Å². The van der Waals surface area contributed by atoms with Crippen LogP contribution in [0.2, 0.25) is 5.02 Å². The molecule has 0 saturated heterocycles. The summed E-state index contributed by atoms with van der Waals surface area (Å²) in [6, 6.07) is 14.5. The summed E-state index contributed by atoms with van der Waals surface area (Å²) in [4.78, 5) is 23.0. The van der Waals surface area contributed by atoms with Gasteiger partial charge in [0.05, 0.1) is 23.9 Å². The van der Waals surface area contributed by atoms with Gasteiger partial charge in [0.1, 0.15) is 17.3 Å². The van der Waals surface area contributed by atoms with E-state index in [2.05, 4.69) is 10.5 Å². The van der Waals surface area contributed by atoms with Gasteiger partial charge in [-0.05, 0) is 48.5 Å². The predicted octanol–water partition coefficient (Wildman–Crippen LogP) is 4.07. The average molecular weight is 399 g/mol. The predicted molar refractivity (Wildman–Crippen MR) is 104 cm³/mol. The highest BCUT2D eigenvalue weighted by atomic mass is 35.5. The number of carbonyl (C=O) groups is 2. The number of aromatic carboxylic acids is 1. The Hall–Kier alpha value is -3.58. The Morgan fingerprint density at radius 3 is 2.54 bits per heavy atom. The van der Waals surface area contributed by atoms with Crippen LogP contribution in [0.3, 0.4) is 0 Å². The van der Waals surface area contributed by atoms with E-state index >= 15 is 0 Å². The number of carboxylic acid groups (broad SMARTS) is 1. The number of carboxylic acids is 1. The normalized spacial score (nSPS) is 10.8. The minimum atomic E-state index is -1.10. The summed E-state index contributed by atoms with van der Waals surface area (Å²) in [6.07, 6.45) is 1.36. The molecule has 0 atom stereocenters. The van der Waals surface area contributed by atoms with Crippen molar-refractivity contribution < 1.29 is 23.8 Å². The fourth-order valence-corrected chi connectivity index (χ4v) is 2.64.